The van der Waals surface area contributed by atoms with Crippen molar-refractivity contribution in [1.29, 1.82) is 0 Å². The highest BCUT2D eigenvalue weighted by molar-refractivity contribution is 7.40. The van der Waals surface area contributed by atoms with E-state index in [1.165, 1.54) is 0 Å². The summed E-state index contributed by atoms with van der Waals surface area (Å²) in [5, 5.41) is 0. The molecule has 62 valence electrons. The van der Waals surface area contributed by atoms with E-state index in [-0.39, 0.29) is 0 Å². The second kappa shape index (κ2) is 6.05. The van der Waals surface area contributed by atoms with E-state index in [9.17, 15) is 0 Å². The fourth-order valence-electron chi connectivity index (χ4n) is 0.361. The molecule has 1 unspecified atom stereocenters. The van der Waals surface area contributed by atoms with Crippen molar-refractivity contribution in [2.24, 2.45) is 5.92 Å². The summed E-state index contributed by atoms with van der Waals surface area (Å²) >= 11 is 0. The highest BCUT2D eigenvalue weighted by Gasteiger charge is 2.05. The van der Waals surface area contributed by atoms with Gasteiger partial charge in [-0.2, -0.15) is 0 Å². The standard InChI is InChI=1S/C6H15O3P/c1-4-8-10(7)9-5-6(2)3/h6-7H,4-5H2,1-3H3. The van der Waals surface area contributed by atoms with Crippen molar-refractivity contribution in [2.75, 3.05) is 13.2 Å². The van der Waals surface area contributed by atoms with Crippen LogP contribution in [0.2, 0.25) is 0 Å². The molecule has 0 spiro atoms. The lowest BCUT2D eigenvalue weighted by Gasteiger charge is -2.10. The Hall–Kier alpha value is 0.310. The second-order valence-corrected chi connectivity index (χ2v) is 3.34. The zero-order valence-corrected chi connectivity index (χ0v) is 7.60. The Morgan fingerprint density at radius 3 is 2.40 bits per heavy atom. The summed E-state index contributed by atoms with van der Waals surface area (Å²) in [4.78, 5) is 8.92. The van der Waals surface area contributed by atoms with Gasteiger partial charge in [0.05, 0.1) is 13.2 Å². The maximum Gasteiger partial charge on any atom is 0.329 e. The Balaban J connectivity index is 3.12. The summed E-state index contributed by atoms with van der Waals surface area (Å²) in [7, 11) is -1.61. The molecule has 0 aromatic carbocycles. The van der Waals surface area contributed by atoms with Crippen LogP contribution in [0.1, 0.15) is 20.8 Å². The topological polar surface area (TPSA) is 38.7 Å². The van der Waals surface area contributed by atoms with Crippen LogP contribution in [0.15, 0.2) is 0 Å². The third-order valence-electron chi connectivity index (χ3n) is 0.758. The summed E-state index contributed by atoms with van der Waals surface area (Å²) < 4.78 is 9.73. The highest BCUT2D eigenvalue weighted by atomic mass is 31.2. The zero-order chi connectivity index (χ0) is 7.98. The van der Waals surface area contributed by atoms with Crippen LogP contribution in [0.25, 0.3) is 0 Å². The molecule has 0 aromatic rings. The SMILES string of the molecule is CCOP(O)OCC(C)C. The quantitative estimate of drug-likeness (QED) is 0.634. The van der Waals surface area contributed by atoms with E-state index in [0.717, 1.165) is 0 Å². The van der Waals surface area contributed by atoms with Gasteiger partial charge in [0.1, 0.15) is 0 Å². The van der Waals surface area contributed by atoms with E-state index in [4.69, 9.17) is 13.9 Å². The second-order valence-electron chi connectivity index (χ2n) is 2.35. The Bertz CT molecular complexity index is 77.4. The minimum absolute atomic E-state index is 0.442. The van der Waals surface area contributed by atoms with Crippen molar-refractivity contribution in [1.82, 2.24) is 0 Å². The Kier molecular flexibility index (Phi) is 6.24. The van der Waals surface area contributed by atoms with Gasteiger partial charge in [-0.15, -0.1) is 0 Å². The van der Waals surface area contributed by atoms with Crippen molar-refractivity contribution >= 4 is 8.60 Å². The molecule has 0 aromatic heterocycles. The predicted molar refractivity (Wildman–Crippen MR) is 41.6 cm³/mol. The maximum absolute atomic E-state index is 8.92. The summed E-state index contributed by atoms with van der Waals surface area (Å²) in [5.41, 5.74) is 0. The third kappa shape index (κ3) is 6.43. The van der Waals surface area contributed by atoms with Gasteiger partial charge >= 0.3 is 8.60 Å². The van der Waals surface area contributed by atoms with Crippen molar-refractivity contribution in [3.63, 3.8) is 0 Å². The molecule has 4 heteroatoms. The first kappa shape index (κ1) is 10.3. The lowest BCUT2D eigenvalue weighted by molar-refractivity contribution is 0.189. The molecule has 1 atom stereocenters. The number of hydrogen-bond donors (Lipinski definition) is 1. The number of hydrogen-bond acceptors (Lipinski definition) is 3. The van der Waals surface area contributed by atoms with Crippen LogP contribution in [0.4, 0.5) is 0 Å². The molecule has 0 radical (unpaired) electrons. The van der Waals surface area contributed by atoms with Crippen LogP contribution in [-0.4, -0.2) is 18.1 Å². The molecule has 0 amide bonds. The van der Waals surface area contributed by atoms with Gasteiger partial charge in [-0.3, -0.25) is 0 Å². The molecule has 0 heterocycles. The van der Waals surface area contributed by atoms with Gasteiger partial charge in [0.25, 0.3) is 0 Å². The fraction of sp³-hybridized carbons (Fsp3) is 1.00. The van der Waals surface area contributed by atoms with Crippen LogP contribution in [0, 0.1) is 5.92 Å². The van der Waals surface area contributed by atoms with E-state index in [0.29, 0.717) is 19.1 Å². The van der Waals surface area contributed by atoms with Crippen LogP contribution >= 0.6 is 8.60 Å². The first-order chi connectivity index (χ1) is 4.66. The normalized spacial score (nSPS) is 14.1. The van der Waals surface area contributed by atoms with Gasteiger partial charge in [-0.1, -0.05) is 13.8 Å². The maximum atomic E-state index is 8.92. The molecule has 0 fully saturated rings. The molecule has 0 aliphatic rings. The monoisotopic (exact) mass is 166 g/mol. The van der Waals surface area contributed by atoms with Crippen LogP contribution in [-0.2, 0) is 9.05 Å². The average Bonchev–Trinajstić information content (AvgIpc) is 1.85. The van der Waals surface area contributed by atoms with Gasteiger partial charge in [-0.05, 0) is 12.8 Å². The molecule has 0 rings (SSSR count). The van der Waals surface area contributed by atoms with E-state index < -0.39 is 8.60 Å². The van der Waals surface area contributed by atoms with Gasteiger partial charge in [0.2, 0.25) is 0 Å². The van der Waals surface area contributed by atoms with Gasteiger partial charge in [-0.25, -0.2) is 0 Å². The molecular weight excluding hydrogens is 151 g/mol. The molecule has 0 saturated heterocycles. The van der Waals surface area contributed by atoms with Crippen molar-refractivity contribution in [3.05, 3.63) is 0 Å². The Morgan fingerprint density at radius 1 is 1.40 bits per heavy atom. The van der Waals surface area contributed by atoms with Crippen molar-refractivity contribution in [2.45, 2.75) is 20.8 Å². The summed E-state index contributed by atoms with van der Waals surface area (Å²) in [6.07, 6.45) is 0. The molecule has 10 heavy (non-hydrogen) atoms. The van der Waals surface area contributed by atoms with E-state index in [1.54, 1.807) is 0 Å². The van der Waals surface area contributed by atoms with Gasteiger partial charge in [0.15, 0.2) is 0 Å². The van der Waals surface area contributed by atoms with E-state index in [2.05, 4.69) is 0 Å². The number of rotatable bonds is 5. The molecule has 3 nitrogen and oxygen atoms in total. The summed E-state index contributed by atoms with van der Waals surface area (Å²) in [6, 6.07) is 0. The lowest BCUT2D eigenvalue weighted by Crippen LogP contribution is -1.99. The first-order valence-electron chi connectivity index (χ1n) is 3.41. The lowest BCUT2D eigenvalue weighted by atomic mass is 10.2. The van der Waals surface area contributed by atoms with Gasteiger partial charge in [0, 0.05) is 0 Å². The first-order valence-corrected chi connectivity index (χ1v) is 4.54. The average molecular weight is 166 g/mol. The molecule has 0 aliphatic carbocycles. The predicted octanol–water partition coefficient (Wildman–Crippen LogP) is 1.91. The Morgan fingerprint density at radius 2 is 2.00 bits per heavy atom. The smallest absolute Gasteiger partial charge is 0.328 e. The van der Waals surface area contributed by atoms with Crippen LogP contribution < -0.4 is 0 Å². The van der Waals surface area contributed by atoms with Crippen LogP contribution in [0.5, 0.6) is 0 Å². The van der Waals surface area contributed by atoms with Gasteiger partial charge < -0.3 is 13.9 Å². The van der Waals surface area contributed by atoms with E-state index in [1.807, 2.05) is 20.8 Å². The van der Waals surface area contributed by atoms with E-state index >= 15 is 0 Å². The minimum atomic E-state index is -1.61. The van der Waals surface area contributed by atoms with Crippen molar-refractivity contribution < 1.29 is 13.9 Å². The molecule has 1 N–H and O–H groups in total. The summed E-state index contributed by atoms with van der Waals surface area (Å²) in [6.45, 7) is 6.93. The Labute approximate surface area is 63.3 Å². The van der Waals surface area contributed by atoms with Crippen LogP contribution in [0.3, 0.4) is 0 Å². The van der Waals surface area contributed by atoms with Crippen molar-refractivity contribution in [3.8, 4) is 0 Å². The molecule has 0 bridgehead atoms. The fourth-order valence-corrected chi connectivity index (χ4v) is 1.08. The largest absolute Gasteiger partial charge is 0.329 e. The minimum Gasteiger partial charge on any atom is -0.328 e. The summed E-state index contributed by atoms with van der Waals surface area (Å²) in [5.74, 6) is 0.442. The molecule has 0 saturated carbocycles. The molecule has 0 aliphatic heterocycles. The zero-order valence-electron chi connectivity index (χ0n) is 6.70. The highest BCUT2D eigenvalue weighted by Crippen LogP contribution is 2.32. The third-order valence-corrected chi connectivity index (χ3v) is 1.61. The molecular formula is C6H15O3P.